The Morgan fingerprint density at radius 1 is 1.42 bits per heavy atom. The molecular formula is C15H20FNO2. The van der Waals surface area contributed by atoms with Gasteiger partial charge < -0.3 is 14.7 Å². The van der Waals surface area contributed by atoms with Crippen molar-refractivity contribution >= 4 is 5.69 Å². The summed E-state index contributed by atoms with van der Waals surface area (Å²) in [6.45, 7) is 4.71. The van der Waals surface area contributed by atoms with Gasteiger partial charge in [0, 0.05) is 13.1 Å². The number of benzene rings is 1. The zero-order valence-corrected chi connectivity index (χ0v) is 11.3. The van der Waals surface area contributed by atoms with Gasteiger partial charge in [-0.25, -0.2) is 4.39 Å². The highest BCUT2D eigenvalue weighted by Gasteiger charge is 2.40. The second-order valence-corrected chi connectivity index (χ2v) is 5.93. The SMILES string of the molecule is Cc1cc(F)c2c(c1)CCCN2CC1(CO)COC1. The van der Waals surface area contributed by atoms with Gasteiger partial charge in [0.1, 0.15) is 5.82 Å². The highest BCUT2D eigenvalue weighted by molar-refractivity contribution is 5.58. The highest BCUT2D eigenvalue weighted by Crippen LogP contribution is 2.36. The summed E-state index contributed by atoms with van der Waals surface area (Å²) in [7, 11) is 0. The summed E-state index contributed by atoms with van der Waals surface area (Å²) < 4.78 is 19.5. The van der Waals surface area contributed by atoms with Gasteiger partial charge in [-0.3, -0.25) is 0 Å². The standard InChI is InChI=1S/C15H20FNO2/c1-11-5-12-3-2-4-17(14(12)13(16)6-11)7-15(8-18)9-19-10-15/h5-6,18H,2-4,7-10H2,1H3. The van der Waals surface area contributed by atoms with Crippen LogP contribution in [0.4, 0.5) is 10.1 Å². The predicted molar refractivity (Wildman–Crippen MR) is 72.0 cm³/mol. The molecule has 2 aliphatic heterocycles. The van der Waals surface area contributed by atoms with E-state index in [4.69, 9.17) is 4.74 Å². The Hall–Kier alpha value is -1.13. The molecule has 0 saturated carbocycles. The van der Waals surface area contributed by atoms with Gasteiger partial charge in [-0.05, 0) is 37.0 Å². The van der Waals surface area contributed by atoms with Crippen LogP contribution < -0.4 is 4.90 Å². The van der Waals surface area contributed by atoms with E-state index in [0.29, 0.717) is 19.8 Å². The van der Waals surface area contributed by atoms with Gasteiger partial charge in [0.05, 0.1) is 30.9 Å². The Balaban J connectivity index is 1.90. The van der Waals surface area contributed by atoms with Crippen LogP contribution >= 0.6 is 0 Å². The minimum Gasteiger partial charge on any atom is -0.396 e. The normalized spacial score (nSPS) is 20.9. The third-order valence-corrected chi connectivity index (χ3v) is 4.16. The number of aryl methyl sites for hydroxylation is 2. The maximum atomic E-state index is 14.2. The van der Waals surface area contributed by atoms with Crippen LogP contribution in [0.1, 0.15) is 17.5 Å². The molecule has 19 heavy (non-hydrogen) atoms. The lowest BCUT2D eigenvalue weighted by molar-refractivity contribution is -0.131. The molecule has 2 aliphatic rings. The Morgan fingerprint density at radius 2 is 2.21 bits per heavy atom. The van der Waals surface area contributed by atoms with Crippen LogP contribution in [0.3, 0.4) is 0 Å². The number of rotatable bonds is 3. The van der Waals surface area contributed by atoms with Gasteiger partial charge in [0.15, 0.2) is 0 Å². The fourth-order valence-electron chi connectivity index (χ4n) is 3.11. The van der Waals surface area contributed by atoms with E-state index in [-0.39, 0.29) is 17.8 Å². The summed E-state index contributed by atoms with van der Waals surface area (Å²) in [6, 6.07) is 3.67. The molecule has 1 aromatic carbocycles. The van der Waals surface area contributed by atoms with E-state index in [1.165, 1.54) is 0 Å². The molecule has 3 rings (SSSR count). The summed E-state index contributed by atoms with van der Waals surface area (Å²) in [5.41, 5.74) is 2.60. The number of aliphatic hydroxyl groups excluding tert-OH is 1. The smallest absolute Gasteiger partial charge is 0.147 e. The summed E-state index contributed by atoms with van der Waals surface area (Å²) in [5, 5.41) is 9.53. The topological polar surface area (TPSA) is 32.7 Å². The van der Waals surface area contributed by atoms with Gasteiger partial charge >= 0.3 is 0 Å². The van der Waals surface area contributed by atoms with Gasteiger partial charge in [-0.2, -0.15) is 0 Å². The molecule has 1 fully saturated rings. The number of hydrogen-bond donors (Lipinski definition) is 1. The first-order valence-corrected chi connectivity index (χ1v) is 6.86. The minimum atomic E-state index is -0.202. The number of fused-ring (bicyclic) bond motifs is 1. The first-order valence-electron chi connectivity index (χ1n) is 6.86. The van der Waals surface area contributed by atoms with Crippen molar-refractivity contribution in [3.8, 4) is 0 Å². The molecule has 1 saturated heterocycles. The monoisotopic (exact) mass is 265 g/mol. The predicted octanol–water partition coefficient (Wildman–Crippen LogP) is 1.90. The number of nitrogens with zero attached hydrogens (tertiary/aromatic N) is 1. The molecule has 3 nitrogen and oxygen atoms in total. The maximum Gasteiger partial charge on any atom is 0.147 e. The van der Waals surface area contributed by atoms with Crippen LogP contribution in [0.2, 0.25) is 0 Å². The van der Waals surface area contributed by atoms with E-state index in [2.05, 4.69) is 11.0 Å². The van der Waals surface area contributed by atoms with Gasteiger partial charge in [0.2, 0.25) is 0 Å². The lowest BCUT2D eigenvalue weighted by atomic mass is 9.85. The second kappa shape index (κ2) is 4.76. The Kier molecular flexibility index (Phi) is 3.23. The van der Waals surface area contributed by atoms with Crippen molar-refractivity contribution in [2.45, 2.75) is 19.8 Å². The largest absolute Gasteiger partial charge is 0.396 e. The van der Waals surface area contributed by atoms with Crippen molar-refractivity contribution in [1.82, 2.24) is 0 Å². The Bertz CT molecular complexity index is 480. The van der Waals surface area contributed by atoms with Gasteiger partial charge in [0.25, 0.3) is 0 Å². The molecule has 0 atom stereocenters. The molecule has 104 valence electrons. The average Bonchev–Trinajstić information content (AvgIpc) is 2.33. The first kappa shape index (κ1) is 12.9. The summed E-state index contributed by atoms with van der Waals surface area (Å²) in [6.07, 6.45) is 1.98. The van der Waals surface area contributed by atoms with Crippen molar-refractivity contribution in [2.24, 2.45) is 5.41 Å². The molecular weight excluding hydrogens is 245 g/mol. The molecule has 0 spiro atoms. The number of anilines is 1. The fraction of sp³-hybridized carbons (Fsp3) is 0.600. The number of hydrogen-bond acceptors (Lipinski definition) is 3. The third kappa shape index (κ3) is 2.23. The van der Waals surface area contributed by atoms with Crippen LogP contribution in [-0.4, -0.2) is 38.0 Å². The molecule has 0 aliphatic carbocycles. The minimum absolute atomic E-state index is 0.103. The average molecular weight is 265 g/mol. The fourth-order valence-corrected chi connectivity index (χ4v) is 3.11. The second-order valence-electron chi connectivity index (χ2n) is 5.93. The molecule has 0 bridgehead atoms. The van der Waals surface area contributed by atoms with Crippen LogP contribution in [0.5, 0.6) is 0 Å². The van der Waals surface area contributed by atoms with Crippen LogP contribution in [0.15, 0.2) is 12.1 Å². The van der Waals surface area contributed by atoms with Crippen molar-refractivity contribution in [3.05, 3.63) is 29.1 Å². The molecule has 0 unspecified atom stereocenters. The van der Waals surface area contributed by atoms with Crippen molar-refractivity contribution in [2.75, 3.05) is 37.8 Å². The lowest BCUT2D eigenvalue weighted by Crippen LogP contribution is -2.54. The molecule has 1 N–H and O–H groups in total. The molecule has 0 radical (unpaired) electrons. The maximum absolute atomic E-state index is 14.2. The molecule has 2 heterocycles. The number of ether oxygens (including phenoxy) is 1. The van der Waals surface area contributed by atoms with Crippen LogP contribution in [0.25, 0.3) is 0 Å². The van der Waals surface area contributed by atoms with E-state index < -0.39 is 0 Å². The zero-order chi connectivity index (χ0) is 13.5. The molecule has 0 aromatic heterocycles. The highest BCUT2D eigenvalue weighted by atomic mass is 19.1. The van der Waals surface area contributed by atoms with Crippen LogP contribution in [-0.2, 0) is 11.2 Å². The van der Waals surface area contributed by atoms with E-state index >= 15 is 0 Å². The molecule has 0 amide bonds. The van der Waals surface area contributed by atoms with Crippen molar-refractivity contribution in [1.29, 1.82) is 0 Å². The van der Waals surface area contributed by atoms with Gasteiger partial charge in [-0.15, -0.1) is 0 Å². The summed E-state index contributed by atoms with van der Waals surface area (Å²) in [5.74, 6) is -0.136. The van der Waals surface area contributed by atoms with Crippen LogP contribution in [0, 0.1) is 18.2 Å². The molecule has 1 aromatic rings. The van der Waals surface area contributed by atoms with Crippen molar-refractivity contribution in [3.63, 3.8) is 0 Å². The third-order valence-electron chi connectivity index (χ3n) is 4.16. The number of aliphatic hydroxyl groups is 1. The van der Waals surface area contributed by atoms with Gasteiger partial charge in [-0.1, -0.05) is 6.07 Å². The van der Waals surface area contributed by atoms with Crippen molar-refractivity contribution < 1.29 is 14.2 Å². The van der Waals surface area contributed by atoms with E-state index in [1.54, 1.807) is 6.07 Å². The number of halogens is 1. The van der Waals surface area contributed by atoms with E-state index in [0.717, 1.165) is 36.2 Å². The van der Waals surface area contributed by atoms with E-state index in [1.807, 2.05) is 6.92 Å². The lowest BCUT2D eigenvalue weighted by Gasteiger charge is -2.45. The quantitative estimate of drug-likeness (QED) is 0.906. The first-order chi connectivity index (χ1) is 9.13. The Morgan fingerprint density at radius 3 is 2.84 bits per heavy atom. The molecule has 4 heteroatoms. The summed E-state index contributed by atoms with van der Waals surface area (Å²) >= 11 is 0. The summed E-state index contributed by atoms with van der Waals surface area (Å²) in [4.78, 5) is 2.09. The van der Waals surface area contributed by atoms with E-state index in [9.17, 15) is 9.50 Å². The zero-order valence-electron chi connectivity index (χ0n) is 11.3. The Labute approximate surface area is 113 Å².